The zero-order valence-electron chi connectivity index (χ0n) is 17.3. The van der Waals surface area contributed by atoms with Gasteiger partial charge in [0.1, 0.15) is 11.6 Å². The predicted octanol–water partition coefficient (Wildman–Crippen LogP) is 4.61. The number of carbonyl (C=O) groups excluding carboxylic acids is 2. The lowest BCUT2D eigenvalue weighted by atomic mass is 9.63. The van der Waals surface area contributed by atoms with E-state index < -0.39 is 11.8 Å². The lowest BCUT2D eigenvalue weighted by Gasteiger charge is -2.41. The predicted molar refractivity (Wildman–Crippen MR) is 103 cm³/mol. The quantitative estimate of drug-likeness (QED) is 0.725. The van der Waals surface area contributed by atoms with Gasteiger partial charge in [0.15, 0.2) is 0 Å². The summed E-state index contributed by atoms with van der Waals surface area (Å²) >= 11 is 0. The van der Waals surface area contributed by atoms with E-state index in [1.165, 1.54) is 0 Å². The number of benzene rings is 1. The Labute approximate surface area is 154 Å². The summed E-state index contributed by atoms with van der Waals surface area (Å²) in [6.45, 7) is 11.4. The molecular formula is C22H33NO2. The molecule has 1 aromatic rings. The minimum absolute atomic E-state index is 0.0617. The fourth-order valence-corrected chi connectivity index (χ4v) is 4.18. The SMILES string of the molecule is [2H]C1C(=O)CCC(=O)C1(C)C(CCN(C(C)C)C(C)C)c1ccccc1. The van der Waals surface area contributed by atoms with Crippen LogP contribution in [-0.4, -0.2) is 35.1 Å². The van der Waals surface area contributed by atoms with Crippen LogP contribution in [0.5, 0.6) is 0 Å². The maximum absolute atomic E-state index is 12.9. The maximum atomic E-state index is 12.9. The van der Waals surface area contributed by atoms with E-state index in [9.17, 15) is 9.59 Å². The van der Waals surface area contributed by atoms with E-state index in [4.69, 9.17) is 1.37 Å². The summed E-state index contributed by atoms with van der Waals surface area (Å²) in [4.78, 5) is 27.6. The Balaban J connectivity index is 2.38. The molecule has 1 aliphatic rings. The highest BCUT2D eigenvalue weighted by molar-refractivity contribution is 5.97. The zero-order chi connectivity index (χ0) is 19.5. The third-order valence-corrected chi connectivity index (χ3v) is 5.59. The second-order valence-electron chi connectivity index (χ2n) is 7.99. The van der Waals surface area contributed by atoms with Crippen molar-refractivity contribution in [3.63, 3.8) is 0 Å². The van der Waals surface area contributed by atoms with E-state index in [1.807, 2.05) is 37.3 Å². The molecule has 0 heterocycles. The molecule has 1 fully saturated rings. The molecular weight excluding hydrogens is 310 g/mol. The van der Waals surface area contributed by atoms with Gasteiger partial charge in [-0.3, -0.25) is 14.5 Å². The van der Waals surface area contributed by atoms with Gasteiger partial charge in [0.05, 0.1) is 0 Å². The van der Waals surface area contributed by atoms with Crippen LogP contribution >= 0.6 is 0 Å². The van der Waals surface area contributed by atoms with Crippen LogP contribution in [0.1, 0.15) is 73.1 Å². The first-order valence-electron chi connectivity index (χ1n) is 10.1. The van der Waals surface area contributed by atoms with Crippen molar-refractivity contribution >= 4 is 11.6 Å². The van der Waals surface area contributed by atoms with Crippen LogP contribution in [-0.2, 0) is 9.59 Å². The number of nitrogens with zero attached hydrogens (tertiary/aromatic N) is 1. The van der Waals surface area contributed by atoms with Gasteiger partial charge < -0.3 is 0 Å². The first-order valence-corrected chi connectivity index (χ1v) is 9.48. The summed E-state index contributed by atoms with van der Waals surface area (Å²) < 4.78 is 8.51. The molecule has 0 N–H and O–H groups in total. The lowest BCUT2D eigenvalue weighted by Crippen LogP contribution is -2.43. The van der Waals surface area contributed by atoms with Gasteiger partial charge >= 0.3 is 0 Å². The van der Waals surface area contributed by atoms with Crippen LogP contribution in [0.4, 0.5) is 0 Å². The van der Waals surface area contributed by atoms with Crippen molar-refractivity contribution in [3.05, 3.63) is 35.9 Å². The fourth-order valence-electron chi connectivity index (χ4n) is 4.18. The summed E-state index contributed by atoms with van der Waals surface area (Å²) in [5.41, 5.74) is 0.110. The first kappa shape index (κ1) is 18.3. The molecule has 1 saturated carbocycles. The van der Waals surface area contributed by atoms with Crippen molar-refractivity contribution in [1.82, 2.24) is 4.90 Å². The number of carbonyl (C=O) groups is 2. The molecule has 1 aromatic carbocycles. The molecule has 138 valence electrons. The minimum atomic E-state index is -0.972. The third kappa shape index (κ3) is 4.58. The Morgan fingerprint density at radius 1 is 1.08 bits per heavy atom. The van der Waals surface area contributed by atoms with Crippen LogP contribution < -0.4 is 0 Å². The van der Waals surface area contributed by atoms with E-state index in [0.717, 1.165) is 18.5 Å². The second-order valence-corrected chi connectivity index (χ2v) is 7.99. The molecule has 1 aliphatic carbocycles. The van der Waals surface area contributed by atoms with Gasteiger partial charge in [0.25, 0.3) is 0 Å². The fraction of sp³-hybridized carbons (Fsp3) is 0.636. The molecule has 3 atom stereocenters. The van der Waals surface area contributed by atoms with Crippen molar-refractivity contribution in [1.29, 1.82) is 0 Å². The van der Waals surface area contributed by atoms with Crippen LogP contribution in [0.25, 0.3) is 0 Å². The summed E-state index contributed by atoms with van der Waals surface area (Å²) in [5, 5.41) is 0. The Bertz CT molecular complexity index is 620. The van der Waals surface area contributed by atoms with Crippen LogP contribution in [0.2, 0.25) is 0 Å². The topological polar surface area (TPSA) is 37.4 Å². The minimum Gasteiger partial charge on any atom is -0.300 e. The molecule has 3 unspecified atom stereocenters. The highest BCUT2D eigenvalue weighted by Crippen LogP contribution is 2.45. The smallest absolute Gasteiger partial charge is 0.140 e. The number of rotatable bonds is 7. The molecule has 0 saturated heterocycles. The van der Waals surface area contributed by atoms with Gasteiger partial charge in [0.2, 0.25) is 0 Å². The molecule has 2 rings (SSSR count). The first-order chi connectivity index (χ1) is 12.2. The van der Waals surface area contributed by atoms with Crippen molar-refractivity contribution < 1.29 is 11.0 Å². The summed E-state index contributed by atoms with van der Waals surface area (Å²) in [5.74, 6) is -0.160. The average Bonchev–Trinajstić information content (AvgIpc) is 2.60. The molecule has 25 heavy (non-hydrogen) atoms. The van der Waals surface area contributed by atoms with Gasteiger partial charge in [0, 0.05) is 38.1 Å². The second kappa shape index (κ2) is 8.27. The van der Waals surface area contributed by atoms with Crippen LogP contribution in [0, 0.1) is 5.41 Å². The molecule has 0 aliphatic heterocycles. The molecule has 3 heteroatoms. The largest absolute Gasteiger partial charge is 0.300 e. The average molecular weight is 345 g/mol. The number of hydrogen-bond donors (Lipinski definition) is 0. The Kier molecular flexibility index (Phi) is 6.06. The molecule has 0 radical (unpaired) electrons. The van der Waals surface area contributed by atoms with Crippen LogP contribution in [0.3, 0.4) is 0 Å². The van der Waals surface area contributed by atoms with Gasteiger partial charge in [-0.15, -0.1) is 0 Å². The normalized spacial score (nSPS) is 26.4. The van der Waals surface area contributed by atoms with Gasteiger partial charge in [-0.25, -0.2) is 0 Å². The highest BCUT2D eigenvalue weighted by atomic mass is 16.1. The summed E-state index contributed by atoms with van der Waals surface area (Å²) in [6.07, 6.45) is 0.284. The van der Waals surface area contributed by atoms with Crippen molar-refractivity contribution in [2.45, 2.75) is 78.3 Å². The Morgan fingerprint density at radius 2 is 1.68 bits per heavy atom. The summed E-state index contributed by atoms with van der Waals surface area (Å²) in [6, 6.07) is 10.8. The van der Waals surface area contributed by atoms with Crippen molar-refractivity contribution in [2.75, 3.05) is 6.54 Å². The van der Waals surface area contributed by atoms with Crippen molar-refractivity contribution in [2.24, 2.45) is 5.41 Å². The van der Waals surface area contributed by atoms with E-state index in [1.54, 1.807) is 0 Å². The number of Topliss-reactive ketones (excluding diaryl/α,β-unsaturated/α-hetero) is 2. The number of hydrogen-bond acceptors (Lipinski definition) is 3. The van der Waals surface area contributed by atoms with Crippen LogP contribution in [0.15, 0.2) is 30.3 Å². The molecule has 0 bridgehead atoms. The lowest BCUT2D eigenvalue weighted by molar-refractivity contribution is -0.139. The summed E-state index contributed by atoms with van der Waals surface area (Å²) in [7, 11) is 0. The Morgan fingerprint density at radius 3 is 2.24 bits per heavy atom. The molecule has 0 aromatic heterocycles. The van der Waals surface area contributed by atoms with Gasteiger partial charge in [-0.2, -0.15) is 0 Å². The van der Waals surface area contributed by atoms with Crippen molar-refractivity contribution in [3.8, 4) is 0 Å². The molecule has 0 amide bonds. The molecule has 0 spiro atoms. The number of ketones is 2. The third-order valence-electron chi connectivity index (χ3n) is 5.59. The molecule has 3 nitrogen and oxygen atoms in total. The van der Waals surface area contributed by atoms with E-state index in [0.29, 0.717) is 12.1 Å². The van der Waals surface area contributed by atoms with E-state index in [2.05, 4.69) is 32.6 Å². The Hall–Kier alpha value is -1.48. The highest BCUT2D eigenvalue weighted by Gasteiger charge is 2.45. The van der Waals surface area contributed by atoms with Gasteiger partial charge in [-0.1, -0.05) is 37.3 Å². The zero-order valence-corrected chi connectivity index (χ0v) is 16.3. The van der Waals surface area contributed by atoms with E-state index >= 15 is 0 Å². The standard InChI is InChI=1S/C22H33NO2/c1-16(2)23(17(3)4)14-13-20(18-9-7-6-8-10-18)22(5)15-19(24)11-12-21(22)25/h6-10,16-17,20H,11-15H2,1-5H3/i15D. The maximum Gasteiger partial charge on any atom is 0.140 e. The van der Waals surface area contributed by atoms with E-state index in [-0.39, 0.29) is 30.3 Å². The van der Waals surface area contributed by atoms with Gasteiger partial charge in [-0.05, 0) is 52.1 Å². The monoisotopic (exact) mass is 344 g/mol.